The van der Waals surface area contributed by atoms with Gasteiger partial charge in [-0.25, -0.2) is 4.79 Å². The Morgan fingerprint density at radius 3 is 2.54 bits per heavy atom. The summed E-state index contributed by atoms with van der Waals surface area (Å²) in [5, 5.41) is 5.11. The van der Waals surface area contributed by atoms with Crippen LogP contribution in [0.5, 0.6) is 0 Å². The highest BCUT2D eigenvalue weighted by Gasteiger charge is 2.39. The number of urea groups is 1. The summed E-state index contributed by atoms with van der Waals surface area (Å²) in [5.41, 5.74) is 0.944. The molecule has 5 nitrogen and oxygen atoms in total. The molecule has 0 aromatic carbocycles. The van der Waals surface area contributed by atoms with Crippen LogP contribution >= 0.6 is 23.1 Å². The predicted octanol–water partition coefficient (Wildman–Crippen LogP) is 4.24. The Kier molecular flexibility index (Phi) is 6.66. The van der Waals surface area contributed by atoms with Gasteiger partial charge in [0.05, 0.1) is 5.25 Å². The number of rotatable bonds is 5. The maximum Gasteiger partial charge on any atom is 0.318 e. The summed E-state index contributed by atoms with van der Waals surface area (Å²) in [5.74, 6) is 0.160. The van der Waals surface area contributed by atoms with Crippen LogP contribution in [0.1, 0.15) is 57.4 Å². The van der Waals surface area contributed by atoms with Gasteiger partial charge in [-0.1, -0.05) is 0 Å². The molecule has 26 heavy (non-hydrogen) atoms. The quantitative estimate of drug-likeness (QED) is 0.809. The lowest BCUT2D eigenvalue weighted by atomic mass is 10.1. The van der Waals surface area contributed by atoms with Crippen molar-refractivity contribution in [3.63, 3.8) is 0 Å². The molecule has 2 unspecified atom stereocenters. The Balaban J connectivity index is 2.12. The second-order valence-electron chi connectivity index (χ2n) is 8.10. The van der Waals surface area contributed by atoms with E-state index in [1.165, 1.54) is 10.4 Å². The standard InChI is InChI=1S/C19H31N3O2S2/c1-12(2)21(18(24)20-19(5,6)7)9-10-22-16(23)14(4)26-17(22)15-13(3)8-11-25-15/h8,11-12,14,17H,9-10H2,1-7H3,(H,20,24). The highest BCUT2D eigenvalue weighted by atomic mass is 32.2. The fourth-order valence-electron chi connectivity index (χ4n) is 2.94. The molecule has 1 fully saturated rings. The lowest BCUT2D eigenvalue weighted by molar-refractivity contribution is -0.130. The normalized spacial score (nSPS) is 20.8. The van der Waals surface area contributed by atoms with Gasteiger partial charge < -0.3 is 15.1 Å². The van der Waals surface area contributed by atoms with E-state index in [4.69, 9.17) is 0 Å². The van der Waals surface area contributed by atoms with Crippen LogP contribution in [-0.2, 0) is 4.79 Å². The van der Waals surface area contributed by atoms with E-state index in [-0.39, 0.29) is 34.1 Å². The third kappa shape index (κ3) is 4.94. The number of thioether (sulfide) groups is 1. The van der Waals surface area contributed by atoms with Gasteiger partial charge >= 0.3 is 6.03 Å². The minimum Gasteiger partial charge on any atom is -0.333 e. The van der Waals surface area contributed by atoms with Crippen LogP contribution in [0.3, 0.4) is 0 Å². The van der Waals surface area contributed by atoms with Crippen LogP contribution in [0.2, 0.25) is 0 Å². The SMILES string of the molecule is Cc1ccsc1C1SC(C)C(=O)N1CCN(C(=O)NC(C)(C)C)C(C)C. The first-order valence-electron chi connectivity index (χ1n) is 9.10. The summed E-state index contributed by atoms with van der Waals surface area (Å²) in [6.45, 7) is 15.1. The minimum atomic E-state index is -0.283. The summed E-state index contributed by atoms with van der Waals surface area (Å²) < 4.78 is 0. The van der Waals surface area contributed by atoms with Crippen LogP contribution in [-0.4, -0.2) is 51.7 Å². The average molecular weight is 398 g/mol. The maximum absolute atomic E-state index is 12.7. The van der Waals surface area contributed by atoms with Gasteiger partial charge in [0.25, 0.3) is 0 Å². The van der Waals surface area contributed by atoms with Gasteiger partial charge in [-0.15, -0.1) is 23.1 Å². The van der Waals surface area contributed by atoms with Crippen molar-refractivity contribution < 1.29 is 9.59 Å². The Morgan fingerprint density at radius 2 is 2.04 bits per heavy atom. The number of nitrogens with zero attached hydrogens (tertiary/aromatic N) is 2. The summed E-state index contributed by atoms with van der Waals surface area (Å²) in [6, 6.07) is 2.09. The van der Waals surface area contributed by atoms with Crippen LogP contribution in [0.15, 0.2) is 11.4 Å². The molecule has 2 atom stereocenters. The zero-order chi connectivity index (χ0) is 19.6. The molecule has 1 aliphatic rings. The average Bonchev–Trinajstić information content (AvgIpc) is 3.03. The predicted molar refractivity (Wildman–Crippen MR) is 111 cm³/mol. The van der Waals surface area contributed by atoms with Gasteiger partial charge in [-0.3, -0.25) is 4.79 Å². The van der Waals surface area contributed by atoms with Gasteiger partial charge in [0.2, 0.25) is 5.91 Å². The van der Waals surface area contributed by atoms with E-state index >= 15 is 0 Å². The number of nitrogens with one attached hydrogen (secondary N) is 1. The van der Waals surface area contributed by atoms with Crippen molar-refractivity contribution in [2.24, 2.45) is 0 Å². The van der Waals surface area contributed by atoms with Crippen molar-refractivity contribution >= 4 is 35.0 Å². The van der Waals surface area contributed by atoms with Gasteiger partial charge in [0.1, 0.15) is 5.37 Å². The van der Waals surface area contributed by atoms with Gasteiger partial charge in [-0.05, 0) is 65.5 Å². The second kappa shape index (κ2) is 8.21. The summed E-state index contributed by atoms with van der Waals surface area (Å²) >= 11 is 3.40. The van der Waals surface area contributed by atoms with Crippen molar-refractivity contribution in [3.8, 4) is 0 Å². The van der Waals surface area contributed by atoms with Crippen LogP contribution in [0, 0.1) is 6.92 Å². The number of aryl methyl sites for hydroxylation is 1. The molecule has 1 N–H and O–H groups in total. The molecule has 146 valence electrons. The van der Waals surface area contributed by atoms with Crippen molar-refractivity contribution in [3.05, 3.63) is 21.9 Å². The van der Waals surface area contributed by atoms with Crippen LogP contribution < -0.4 is 5.32 Å². The molecule has 7 heteroatoms. The molecule has 2 rings (SSSR count). The fourth-order valence-corrected chi connectivity index (χ4v) is 5.50. The first kappa shape index (κ1) is 21.1. The fraction of sp³-hybridized carbons (Fsp3) is 0.684. The molecule has 2 heterocycles. The number of carbonyl (C=O) groups excluding carboxylic acids is 2. The molecule has 1 saturated heterocycles. The molecular weight excluding hydrogens is 366 g/mol. The number of thiophene rings is 1. The minimum absolute atomic E-state index is 0.0441. The lowest BCUT2D eigenvalue weighted by Gasteiger charge is -2.33. The van der Waals surface area contributed by atoms with Gasteiger partial charge in [0, 0.05) is 29.5 Å². The largest absolute Gasteiger partial charge is 0.333 e. The van der Waals surface area contributed by atoms with E-state index < -0.39 is 0 Å². The lowest BCUT2D eigenvalue weighted by Crippen LogP contribution is -2.52. The number of amides is 3. The molecule has 1 aromatic rings. The van der Waals surface area contributed by atoms with Crippen molar-refractivity contribution in [1.82, 2.24) is 15.1 Å². The maximum atomic E-state index is 12.7. The molecule has 0 bridgehead atoms. The van der Waals surface area contributed by atoms with E-state index in [2.05, 4.69) is 23.7 Å². The summed E-state index contributed by atoms with van der Waals surface area (Å²) in [4.78, 5) is 30.3. The monoisotopic (exact) mass is 397 g/mol. The smallest absolute Gasteiger partial charge is 0.318 e. The van der Waals surface area contributed by atoms with Crippen LogP contribution in [0.25, 0.3) is 0 Å². The van der Waals surface area contributed by atoms with E-state index in [9.17, 15) is 9.59 Å². The second-order valence-corrected chi connectivity index (χ2v) is 10.5. The molecule has 0 radical (unpaired) electrons. The topological polar surface area (TPSA) is 52.7 Å². The zero-order valence-electron chi connectivity index (χ0n) is 16.8. The Hall–Kier alpha value is -1.21. The molecule has 0 spiro atoms. The van der Waals surface area contributed by atoms with Crippen molar-refractivity contribution in [2.45, 2.75) is 70.7 Å². The zero-order valence-corrected chi connectivity index (χ0v) is 18.5. The molecule has 1 aromatic heterocycles. The first-order chi connectivity index (χ1) is 12.0. The Labute approximate surface area is 165 Å². The van der Waals surface area contributed by atoms with Crippen molar-refractivity contribution in [1.29, 1.82) is 0 Å². The van der Waals surface area contributed by atoms with E-state index in [1.54, 1.807) is 23.1 Å². The molecule has 1 aliphatic heterocycles. The number of hydrogen-bond acceptors (Lipinski definition) is 4. The Morgan fingerprint density at radius 1 is 1.38 bits per heavy atom. The summed E-state index contributed by atoms with van der Waals surface area (Å²) in [7, 11) is 0. The first-order valence-corrected chi connectivity index (χ1v) is 10.9. The highest BCUT2D eigenvalue weighted by Crippen LogP contribution is 2.45. The molecule has 0 saturated carbocycles. The number of hydrogen-bond donors (Lipinski definition) is 1. The van der Waals surface area contributed by atoms with Crippen LogP contribution in [0.4, 0.5) is 4.79 Å². The highest BCUT2D eigenvalue weighted by molar-refractivity contribution is 8.01. The van der Waals surface area contributed by atoms with E-state index in [1.807, 2.05) is 51.3 Å². The molecule has 0 aliphatic carbocycles. The summed E-state index contributed by atoms with van der Waals surface area (Å²) in [6.07, 6.45) is 0. The van der Waals surface area contributed by atoms with E-state index in [0.717, 1.165) is 0 Å². The number of carbonyl (C=O) groups is 2. The van der Waals surface area contributed by atoms with Gasteiger partial charge in [0.15, 0.2) is 0 Å². The third-order valence-corrected chi connectivity index (χ3v) is 6.90. The van der Waals surface area contributed by atoms with Crippen molar-refractivity contribution in [2.75, 3.05) is 13.1 Å². The molecular formula is C19H31N3O2S2. The molecule has 3 amide bonds. The van der Waals surface area contributed by atoms with Gasteiger partial charge in [-0.2, -0.15) is 0 Å². The third-order valence-electron chi connectivity index (χ3n) is 4.32. The Bertz CT molecular complexity index is 651. The van der Waals surface area contributed by atoms with E-state index in [0.29, 0.717) is 13.1 Å².